The van der Waals surface area contributed by atoms with Gasteiger partial charge in [-0.05, 0) is 36.5 Å². The predicted octanol–water partition coefficient (Wildman–Crippen LogP) is -0.358. The van der Waals surface area contributed by atoms with Crippen LogP contribution in [-0.2, 0) is 30.4 Å². The molecule has 0 bridgehead atoms. The van der Waals surface area contributed by atoms with Gasteiger partial charge in [0.2, 0.25) is 17.7 Å². The van der Waals surface area contributed by atoms with Crippen LogP contribution in [0.15, 0.2) is 24.3 Å². The number of carbonyl (C=O) groups excluding carboxylic acids is 3. The van der Waals surface area contributed by atoms with E-state index in [4.69, 9.17) is 10.8 Å². The third-order valence-electron chi connectivity index (χ3n) is 5.15. The molecule has 1 rings (SSSR count). The highest BCUT2D eigenvalue weighted by molar-refractivity contribution is 7.80. The van der Waals surface area contributed by atoms with Crippen molar-refractivity contribution in [3.05, 3.63) is 29.8 Å². The number of amides is 3. The topological polar surface area (TPSA) is 208 Å². The van der Waals surface area contributed by atoms with Crippen LogP contribution in [0.1, 0.15) is 38.7 Å². The van der Waals surface area contributed by atoms with Crippen molar-refractivity contribution < 1.29 is 39.3 Å². The number of nitrogens with one attached hydrogen (secondary N) is 3. The van der Waals surface area contributed by atoms with Crippen molar-refractivity contribution in [2.45, 2.75) is 63.7 Å². The second-order valence-corrected chi connectivity index (χ2v) is 9.11. The summed E-state index contributed by atoms with van der Waals surface area (Å²) in [6.07, 6.45) is -0.430. The largest absolute Gasteiger partial charge is 0.508 e. The van der Waals surface area contributed by atoms with Gasteiger partial charge < -0.3 is 37.0 Å². The Labute approximate surface area is 214 Å². The zero-order valence-corrected chi connectivity index (χ0v) is 21.0. The minimum absolute atomic E-state index is 0.0174. The van der Waals surface area contributed by atoms with Gasteiger partial charge in [0.05, 0.1) is 6.04 Å². The second-order valence-electron chi connectivity index (χ2n) is 8.74. The molecule has 0 spiro atoms. The van der Waals surface area contributed by atoms with Crippen LogP contribution in [0.5, 0.6) is 5.75 Å². The van der Waals surface area contributed by atoms with Crippen molar-refractivity contribution in [2.75, 3.05) is 5.75 Å². The molecule has 0 radical (unpaired) electrons. The molecule has 0 fully saturated rings. The third kappa shape index (κ3) is 11.0. The molecule has 8 N–H and O–H groups in total. The van der Waals surface area contributed by atoms with E-state index >= 15 is 0 Å². The summed E-state index contributed by atoms with van der Waals surface area (Å²) in [6, 6.07) is 1.22. The van der Waals surface area contributed by atoms with E-state index in [1.807, 2.05) is 13.8 Å². The molecule has 4 atom stereocenters. The van der Waals surface area contributed by atoms with Gasteiger partial charge >= 0.3 is 11.9 Å². The fourth-order valence-corrected chi connectivity index (χ4v) is 3.49. The SMILES string of the molecule is CC(C)CC(N)C(=O)NC(Cc1ccc(O)cc1)C(=O)NC(CS)C(=O)NC(CCC(=O)O)C(=O)O. The predicted molar refractivity (Wildman–Crippen MR) is 133 cm³/mol. The van der Waals surface area contributed by atoms with Crippen molar-refractivity contribution in [1.82, 2.24) is 16.0 Å². The standard InChI is InChI=1S/C23H34N4O8S/c1-12(2)9-15(24)20(31)26-17(10-13-3-5-14(28)6-4-13)21(32)27-18(11-36)22(33)25-16(23(34)35)7-8-19(29)30/h3-6,12,15-18,28,36H,7-11,24H2,1-2H3,(H,25,33)(H,26,31)(H,27,32)(H,29,30)(H,34,35). The smallest absolute Gasteiger partial charge is 0.326 e. The summed E-state index contributed by atoms with van der Waals surface area (Å²) in [6.45, 7) is 3.79. The van der Waals surface area contributed by atoms with E-state index in [-0.39, 0.29) is 30.3 Å². The maximum absolute atomic E-state index is 13.1. The average Bonchev–Trinajstić information content (AvgIpc) is 2.79. The number of phenols is 1. The number of carboxylic acid groups (broad SMARTS) is 2. The number of aromatic hydroxyl groups is 1. The molecule has 3 amide bonds. The number of phenolic OH excluding ortho intramolecular Hbond substituents is 1. The lowest BCUT2D eigenvalue weighted by molar-refractivity contribution is -0.143. The molecule has 12 nitrogen and oxygen atoms in total. The zero-order chi connectivity index (χ0) is 27.4. The van der Waals surface area contributed by atoms with Gasteiger partial charge in [-0.3, -0.25) is 19.2 Å². The van der Waals surface area contributed by atoms with Gasteiger partial charge in [-0.15, -0.1) is 0 Å². The van der Waals surface area contributed by atoms with Crippen molar-refractivity contribution >= 4 is 42.3 Å². The highest BCUT2D eigenvalue weighted by atomic mass is 32.1. The minimum Gasteiger partial charge on any atom is -0.508 e. The monoisotopic (exact) mass is 526 g/mol. The number of hydrogen-bond acceptors (Lipinski definition) is 8. The first kappa shape index (κ1) is 30.7. The molecule has 4 unspecified atom stereocenters. The summed E-state index contributed by atoms with van der Waals surface area (Å²) < 4.78 is 0. The summed E-state index contributed by atoms with van der Waals surface area (Å²) >= 11 is 4.06. The van der Waals surface area contributed by atoms with Gasteiger partial charge in [0.15, 0.2) is 0 Å². The van der Waals surface area contributed by atoms with Crippen LogP contribution in [0, 0.1) is 5.92 Å². The van der Waals surface area contributed by atoms with Crippen LogP contribution < -0.4 is 21.7 Å². The molecule has 0 aliphatic heterocycles. The summed E-state index contributed by atoms with van der Waals surface area (Å²) in [5.41, 5.74) is 6.55. The first-order valence-corrected chi connectivity index (χ1v) is 12.0. The van der Waals surface area contributed by atoms with Gasteiger partial charge in [0.25, 0.3) is 0 Å². The Balaban J connectivity index is 3.00. The Kier molecular flexibility index (Phi) is 12.7. The summed E-state index contributed by atoms with van der Waals surface area (Å²) in [7, 11) is 0. The first-order chi connectivity index (χ1) is 16.8. The van der Waals surface area contributed by atoms with Crippen molar-refractivity contribution in [2.24, 2.45) is 11.7 Å². The van der Waals surface area contributed by atoms with Crippen LogP contribution in [0.25, 0.3) is 0 Å². The maximum Gasteiger partial charge on any atom is 0.326 e. The molecule has 0 saturated carbocycles. The van der Waals surface area contributed by atoms with E-state index in [9.17, 15) is 34.2 Å². The lowest BCUT2D eigenvalue weighted by atomic mass is 10.0. The van der Waals surface area contributed by atoms with Gasteiger partial charge in [-0.25, -0.2) is 4.79 Å². The highest BCUT2D eigenvalue weighted by Crippen LogP contribution is 2.12. The lowest BCUT2D eigenvalue weighted by Gasteiger charge is -2.25. The van der Waals surface area contributed by atoms with E-state index in [1.54, 1.807) is 12.1 Å². The fraction of sp³-hybridized carbons (Fsp3) is 0.522. The summed E-state index contributed by atoms with van der Waals surface area (Å²) in [4.78, 5) is 60.4. The average molecular weight is 527 g/mol. The number of carbonyl (C=O) groups is 5. The maximum atomic E-state index is 13.1. The number of aliphatic carboxylic acids is 2. The highest BCUT2D eigenvalue weighted by Gasteiger charge is 2.30. The van der Waals surface area contributed by atoms with Crippen LogP contribution in [0.3, 0.4) is 0 Å². The van der Waals surface area contributed by atoms with Gasteiger partial charge in [0, 0.05) is 18.6 Å². The number of hydrogen-bond donors (Lipinski definition) is 8. The summed E-state index contributed by atoms with van der Waals surface area (Å²) in [5, 5.41) is 34.8. The molecule has 0 aliphatic rings. The molecule has 1 aromatic rings. The number of carboxylic acids is 2. The number of rotatable bonds is 15. The molecule has 0 aromatic heterocycles. The molecule has 0 aliphatic carbocycles. The molecule has 13 heteroatoms. The quantitative estimate of drug-likeness (QED) is 0.140. The van der Waals surface area contributed by atoms with E-state index in [0.717, 1.165) is 0 Å². The van der Waals surface area contributed by atoms with Crippen molar-refractivity contribution in [3.63, 3.8) is 0 Å². The Morgan fingerprint density at radius 1 is 0.889 bits per heavy atom. The van der Waals surface area contributed by atoms with Crippen LogP contribution in [0.4, 0.5) is 0 Å². The van der Waals surface area contributed by atoms with Crippen LogP contribution in [-0.4, -0.2) is 74.9 Å². The number of nitrogens with two attached hydrogens (primary N) is 1. The Morgan fingerprint density at radius 3 is 1.92 bits per heavy atom. The number of thiol groups is 1. The van der Waals surface area contributed by atoms with Crippen LogP contribution >= 0.6 is 12.6 Å². The zero-order valence-electron chi connectivity index (χ0n) is 20.1. The van der Waals surface area contributed by atoms with Gasteiger partial charge in [-0.2, -0.15) is 12.6 Å². The molecule has 36 heavy (non-hydrogen) atoms. The van der Waals surface area contributed by atoms with Crippen LogP contribution in [0.2, 0.25) is 0 Å². The van der Waals surface area contributed by atoms with Gasteiger partial charge in [0.1, 0.15) is 23.9 Å². The molecule has 200 valence electrons. The third-order valence-corrected chi connectivity index (χ3v) is 5.51. The van der Waals surface area contributed by atoms with E-state index < -0.39 is 60.2 Å². The minimum atomic E-state index is -1.48. The van der Waals surface area contributed by atoms with Crippen molar-refractivity contribution in [1.29, 1.82) is 0 Å². The molecule has 1 aromatic carbocycles. The van der Waals surface area contributed by atoms with Gasteiger partial charge in [-0.1, -0.05) is 26.0 Å². The molecule has 0 heterocycles. The van der Waals surface area contributed by atoms with E-state index in [2.05, 4.69) is 28.6 Å². The lowest BCUT2D eigenvalue weighted by Crippen LogP contribution is -2.58. The molecular formula is C23H34N4O8S. The Morgan fingerprint density at radius 2 is 1.42 bits per heavy atom. The normalized spacial score (nSPS) is 14.2. The Bertz CT molecular complexity index is 925. The summed E-state index contributed by atoms with van der Waals surface area (Å²) in [5.74, 6) is -4.86. The van der Waals surface area contributed by atoms with E-state index in [1.165, 1.54) is 12.1 Å². The molecular weight excluding hydrogens is 492 g/mol. The second kappa shape index (κ2) is 14.9. The Hall–Kier alpha value is -3.32. The van der Waals surface area contributed by atoms with Crippen molar-refractivity contribution in [3.8, 4) is 5.75 Å². The van der Waals surface area contributed by atoms with E-state index in [0.29, 0.717) is 12.0 Å². The molecule has 0 saturated heterocycles. The first-order valence-electron chi connectivity index (χ1n) is 11.3. The number of benzene rings is 1. The fourth-order valence-electron chi connectivity index (χ4n) is 3.23.